The van der Waals surface area contributed by atoms with E-state index in [1.165, 1.54) is 0 Å². The second-order valence-electron chi connectivity index (χ2n) is 4.44. The molecule has 0 aromatic carbocycles. The molecule has 17 heavy (non-hydrogen) atoms. The van der Waals surface area contributed by atoms with Crippen molar-refractivity contribution in [1.82, 2.24) is 4.98 Å². The van der Waals surface area contributed by atoms with Crippen LogP contribution in [0.1, 0.15) is 18.9 Å². The van der Waals surface area contributed by atoms with Gasteiger partial charge in [-0.3, -0.25) is 0 Å². The predicted octanol–water partition coefficient (Wildman–Crippen LogP) is 2.35. The molecule has 0 bridgehead atoms. The SMILES string of the molecule is COCCC(C)(O)CNc1ncc(C)cc1Br. The van der Waals surface area contributed by atoms with E-state index in [0.29, 0.717) is 19.6 Å². The Bertz CT molecular complexity index is 370. The summed E-state index contributed by atoms with van der Waals surface area (Å²) in [4.78, 5) is 4.26. The molecule has 96 valence electrons. The number of aryl methyl sites for hydroxylation is 1. The summed E-state index contributed by atoms with van der Waals surface area (Å²) in [6, 6.07) is 1.99. The van der Waals surface area contributed by atoms with E-state index >= 15 is 0 Å². The van der Waals surface area contributed by atoms with Crippen molar-refractivity contribution in [2.45, 2.75) is 25.9 Å². The number of aliphatic hydroxyl groups is 1. The summed E-state index contributed by atoms with van der Waals surface area (Å²) in [6.45, 7) is 4.74. The minimum Gasteiger partial charge on any atom is -0.388 e. The van der Waals surface area contributed by atoms with Gasteiger partial charge in [0.05, 0.1) is 10.1 Å². The van der Waals surface area contributed by atoms with Gasteiger partial charge in [-0.1, -0.05) is 0 Å². The molecule has 5 heteroatoms. The first-order valence-corrected chi connectivity index (χ1v) is 6.31. The Morgan fingerprint density at radius 2 is 2.29 bits per heavy atom. The molecule has 0 saturated heterocycles. The van der Waals surface area contributed by atoms with Crippen LogP contribution < -0.4 is 5.32 Å². The van der Waals surface area contributed by atoms with Crippen LogP contribution in [0.4, 0.5) is 5.82 Å². The monoisotopic (exact) mass is 302 g/mol. The molecule has 1 unspecified atom stereocenters. The zero-order chi connectivity index (χ0) is 12.9. The molecule has 0 saturated carbocycles. The average molecular weight is 303 g/mol. The van der Waals surface area contributed by atoms with Crippen LogP contribution >= 0.6 is 15.9 Å². The van der Waals surface area contributed by atoms with Gasteiger partial charge in [-0.2, -0.15) is 0 Å². The standard InChI is InChI=1S/C12H19BrN2O2/c1-9-6-10(13)11(14-7-9)15-8-12(2,16)4-5-17-3/h6-7,16H,4-5,8H2,1-3H3,(H,14,15). The van der Waals surface area contributed by atoms with Crippen LogP contribution in [0.25, 0.3) is 0 Å². The fourth-order valence-electron chi connectivity index (χ4n) is 1.35. The minimum atomic E-state index is -0.804. The van der Waals surface area contributed by atoms with E-state index in [-0.39, 0.29) is 0 Å². The van der Waals surface area contributed by atoms with Crippen LogP contribution in [0, 0.1) is 6.92 Å². The van der Waals surface area contributed by atoms with Crippen LogP contribution in [0.3, 0.4) is 0 Å². The summed E-state index contributed by atoms with van der Waals surface area (Å²) >= 11 is 3.44. The third-order valence-electron chi connectivity index (χ3n) is 2.46. The van der Waals surface area contributed by atoms with Gasteiger partial charge in [-0.25, -0.2) is 4.98 Å². The quantitative estimate of drug-likeness (QED) is 0.847. The summed E-state index contributed by atoms with van der Waals surface area (Å²) in [6.07, 6.45) is 2.37. The first-order chi connectivity index (χ1) is 7.94. The van der Waals surface area contributed by atoms with Gasteiger partial charge in [-0.05, 0) is 41.4 Å². The Morgan fingerprint density at radius 3 is 2.88 bits per heavy atom. The fourth-order valence-corrected chi connectivity index (χ4v) is 1.95. The van der Waals surface area contributed by atoms with Crippen molar-refractivity contribution in [2.75, 3.05) is 25.6 Å². The summed E-state index contributed by atoms with van der Waals surface area (Å²) in [5.41, 5.74) is 0.288. The molecule has 0 fully saturated rings. The van der Waals surface area contributed by atoms with Gasteiger partial charge in [0.15, 0.2) is 0 Å². The van der Waals surface area contributed by atoms with Gasteiger partial charge >= 0.3 is 0 Å². The van der Waals surface area contributed by atoms with E-state index in [9.17, 15) is 5.11 Å². The molecular weight excluding hydrogens is 284 g/mol. The third-order valence-corrected chi connectivity index (χ3v) is 3.06. The number of hydrogen-bond acceptors (Lipinski definition) is 4. The summed E-state index contributed by atoms with van der Waals surface area (Å²) in [5, 5.41) is 13.2. The van der Waals surface area contributed by atoms with Crippen molar-refractivity contribution < 1.29 is 9.84 Å². The van der Waals surface area contributed by atoms with E-state index in [4.69, 9.17) is 4.74 Å². The number of pyridine rings is 1. The van der Waals surface area contributed by atoms with E-state index in [1.54, 1.807) is 20.2 Å². The molecular formula is C12H19BrN2O2. The van der Waals surface area contributed by atoms with E-state index < -0.39 is 5.60 Å². The first kappa shape index (κ1) is 14.4. The second-order valence-corrected chi connectivity index (χ2v) is 5.29. The molecule has 0 amide bonds. The molecule has 1 atom stereocenters. The largest absolute Gasteiger partial charge is 0.388 e. The third kappa shape index (κ3) is 5.02. The molecule has 0 aliphatic heterocycles. The van der Waals surface area contributed by atoms with Gasteiger partial charge in [0.1, 0.15) is 5.82 Å². The maximum atomic E-state index is 10.1. The van der Waals surface area contributed by atoms with Crippen molar-refractivity contribution in [3.05, 3.63) is 22.3 Å². The van der Waals surface area contributed by atoms with Gasteiger partial charge in [0.25, 0.3) is 0 Å². The highest BCUT2D eigenvalue weighted by Gasteiger charge is 2.20. The van der Waals surface area contributed by atoms with Crippen LogP contribution in [0.2, 0.25) is 0 Å². The number of nitrogens with one attached hydrogen (secondary N) is 1. The number of nitrogens with zero attached hydrogens (tertiary/aromatic N) is 1. The fraction of sp³-hybridized carbons (Fsp3) is 0.583. The molecule has 2 N–H and O–H groups in total. The summed E-state index contributed by atoms with van der Waals surface area (Å²) in [7, 11) is 1.63. The molecule has 1 heterocycles. The molecule has 0 aliphatic carbocycles. The minimum absolute atomic E-state index is 0.436. The van der Waals surface area contributed by atoms with E-state index in [2.05, 4.69) is 26.2 Å². The van der Waals surface area contributed by atoms with Gasteiger partial charge in [0.2, 0.25) is 0 Å². The number of rotatable bonds is 6. The van der Waals surface area contributed by atoms with E-state index in [1.807, 2.05) is 13.0 Å². The molecule has 1 aromatic heterocycles. The van der Waals surface area contributed by atoms with Crippen molar-refractivity contribution in [2.24, 2.45) is 0 Å². The highest BCUT2D eigenvalue weighted by molar-refractivity contribution is 9.10. The van der Waals surface area contributed by atoms with Gasteiger partial charge < -0.3 is 15.2 Å². The normalized spacial score (nSPS) is 14.4. The summed E-state index contributed by atoms with van der Waals surface area (Å²) < 4.78 is 5.86. The molecule has 1 aromatic rings. The van der Waals surface area contributed by atoms with Crippen molar-refractivity contribution in [3.8, 4) is 0 Å². The molecule has 0 spiro atoms. The zero-order valence-corrected chi connectivity index (χ0v) is 12.0. The second kappa shape index (κ2) is 6.33. The maximum absolute atomic E-state index is 10.1. The lowest BCUT2D eigenvalue weighted by Gasteiger charge is -2.23. The van der Waals surface area contributed by atoms with Gasteiger partial charge in [0, 0.05) is 32.9 Å². The van der Waals surface area contributed by atoms with Crippen LogP contribution in [-0.4, -0.2) is 36.0 Å². The Labute approximate surface area is 111 Å². The number of ether oxygens (including phenoxy) is 1. The number of aromatic nitrogens is 1. The van der Waals surface area contributed by atoms with Crippen molar-refractivity contribution in [3.63, 3.8) is 0 Å². The summed E-state index contributed by atoms with van der Waals surface area (Å²) in [5.74, 6) is 0.744. The molecule has 0 aliphatic rings. The Hall–Kier alpha value is -0.650. The molecule has 1 rings (SSSR count). The van der Waals surface area contributed by atoms with Crippen LogP contribution in [-0.2, 0) is 4.74 Å². The Morgan fingerprint density at radius 1 is 1.59 bits per heavy atom. The number of anilines is 1. The first-order valence-electron chi connectivity index (χ1n) is 5.52. The zero-order valence-electron chi connectivity index (χ0n) is 10.5. The lowest BCUT2D eigenvalue weighted by Crippen LogP contribution is -2.34. The Kier molecular flexibility index (Phi) is 5.36. The molecule has 0 radical (unpaired) electrons. The highest BCUT2D eigenvalue weighted by atomic mass is 79.9. The number of halogens is 1. The van der Waals surface area contributed by atoms with Crippen molar-refractivity contribution in [1.29, 1.82) is 0 Å². The lowest BCUT2D eigenvalue weighted by atomic mass is 10.0. The topological polar surface area (TPSA) is 54.4 Å². The number of hydrogen-bond donors (Lipinski definition) is 2. The smallest absolute Gasteiger partial charge is 0.140 e. The molecule has 4 nitrogen and oxygen atoms in total. The maximum Gasteiger partial charge on any atom is 0.140 e. The van der Waals surface area contributed by atoms with Crippen LogP contribution in [0.15, 0.2) is 16.7 Å². The average Bonchev–Trinajstić information content (AvgIpc) is 2.25. The van der Waals surface area contributed by atoms with Crippen LogP contribution in [0.5, 0.6) is 0 Å². The highest BCUT2D eigenvalue weighted by Crippen LogP contribution is 2.21. The Balaban J connectivity index is 2.54. The van der Waals surface area contributed by atoms with E-state index in [0.717, 1.165) is 15.9 Å². The van der Waals surface area contributed by atoms with Gasteiger partial charge in [-0.15, -0.1) is 0 Å². The van der Waals surface area contributed by atoms with Crippen molar-refractivity contribution >= 4 is 21.7 Å². The predicted molar refractivity (Wildman–Crippen MR) is 72.3 cm³/mol. The number of methoxy groups -OCH3 is 1. The lowest BCUT2D eigenvalue weighted by molar-refractivity contribution is 0.0357.